The van der Waals surface area contributed by atoms with E-state index in [9.17, 15) is 9.18 Å². The van der Waals surface area contributed by atoms with Crippen molar-refractivity contribution in [3.63, 3.8) is 0 Å². The quantitative estimate of drug-likeness (QED) is 0.524. The number of nitrogens with zero attached hydrogens (tertiary/aromatic N) is 6. The van der Waals surface area contributed by atoms with Crippen LogP contribution in [0.3, 0.4) is 0 Å². The summed E-state index contributed by atoms with van der Waals surface area (Å²) in [6, 6.07) is 8.79. The Balaban J connectivity index is 1.46. The lowest BCUT2D eigenvalue weighted by Gasteiger charge is -2.42. The van der Waals surface area contributed by atoms with Gasteiger partial charge >= 0.3 is 0 Å². The first-order valence-electron chi connectivity index (χ1n) is 12.7. The van der Waals surface area contributed by atoms with Gasteiger partial charge in [-0.3, -0.25) is 4.79 Å². The average Bonchev–Trinajstić information content (AvgIpc) is 2.90. The molecule has 5 rings (SSSR count). The molecular formula is C27H31ClFN7O2. The third-order valence-corrected chi connectivity index (χ3v) is 7.38. The van der Waals surface area contributed by atoms with Crippen molar-refractivity contribution in [2.45, 2.75) is 32.9 Å². The Bertz CT molecular complexity index is 1360. The number of morpholine rings is 1. The van der Waals surface area contributed by atoms with Gasteiger partial charge in [-0.25, -0.2) is 14.4 Å². The van der Waals surface area contributed by atoms with Gasteiger partial charge in [0, 0.05) is 50.0 Å². The molecule has 2 N–H and O–H groups in total. The molecule has 0 unspecified atom stereocenters. The number of rotatable bonds is 5. The second kappa shape index (κ2) is 10.7. The van der Waals surface area contributed by atoms with E-state index in [1.165, 1.54) is 12.3 Å². The highest BCUT2D eigenvalue weighted by atomic mass is 35.5. The van der Waals surface area contributed by atoms with Crippen molar-refractivity contribution in [1.29, 1.82) is 0 Å². The Kier molecular flexibility index (Phi) is 7.36. The van der Waals surface area contributed by atoms with E-state index in [-0.39, 0.29) is 23.5 Å². The van der Waals surface area contributed by atoms with Gasteiger partial charge in [0.05, 0.1) is 35.5 Å². The molecule has 4 heterocycles. The molecule has 0 bridgehead atoms. The van der Waals surface area contributed by atoms with Gasteiger partial charge in [0.15, 0.2) is 0 Å². The molecule has 2 aromatic heterocycles. The first kappa shape index (κ1) is 26.1. The van der Waals surface area contributed by atoms with E-state index in [4.69, 9.17) is 32.0 Å². The normalized spacial score (nSPS) is 20.1. The smallest absolute Gasteiger partial charge is 0.250 e. The van der Waals surface area contributed by atoms with E-state index in [2.05, 4.69) is 33.5 Å². The van der Waals surface area contributed by atoms with Crippen LogP contribution in [0.5, 0.6) is 0 Å². The number of primary amides is 1. The molecule has 11 heteroatoms. The number of aryl methyl sites for hydroxylation is 1. The fourth-order valence-electron chi connectivity index (χ4n) is 4.96. The first-order chi connectivity index (χ1) is 18.2. The lowest BCUT2D eigenvalue weighted by molar-refractivity contribution is 0.0981. The molecule has 38 heavy (non-hydrogen) atoms. The van der Waals surface area contributed by atoms with Crippen molar-refractivity contribution in [1.82, 2.24) is 15.0 Å². The molecule has 2 fully saturated rings. The molecule has 2 saturated heterocycles. The summed E-state index contributed by atoms with van der Waals surface area (Å²) in [5, 5.41) is 0.390. The van der Waals surface area contributed by atoms with E-state index < -0.39 is 5.91 Å². The number of amides is 1. The minimum absolute atomic E-state index is 0.0742. The number of benzene rings is 1. The van der Waals surface area contributed by atoms with Crippen molar-refractivity contribution in [3.8, 4) is 11.3 Å². The van der Waals surface area contributed by atoms with Crippen LogP contribution in [-0.4, -0.2) is 72.3 Å². The second-order valence-electron chi connectivity index (χ2n) is 9.87. The SMILES string of the molecule is Cc1cc(-c2cc(N3CCN(c4ncc(C(N)=O)cc4Cl)C[C@@H]3C)nc(N3CCOC[C@H]3C)n2)ccc1F. The van der Waals surface area contributed by atoms with Crippen LogP contribution in [0, 0.1) is 12.7 Å². The van der Waals surface area contributed by atoms with Gasteiger partial charge in [-0.15, -0.1) is 0 Å². The molecule has 1 aromatic carbocycles. The molecule has 9 nitrogen and oxygen atoms in total. The molecule has 0 radical (unpaired) electrons. The Labute approximate surface area is 226 Å². The Hall–Kier alpha value is -3.50. The maximum absolute atomic E-state index is 14.0. The van der Waals surface area contributed by atoms with Crippen molar-refractivity contribution >= 4 is 35.1 Å². The minimum Gasteiger partial charge on any atom is -0.377 e. The molecular weight excluding hydrogens is 509 g/mol. The summed E-state index contributed by atoms with van der Waals surface area (Å²) >= 11 is 6.45. The molecule has 1 amide bonds. The standard InChI is InChI=1S/C27H31ClFN7O2/c1-16-10-19(4-5-22(16)29)23-12-24(33-27(32-23)36-8-9-38-15-18(36)3)35-7-6-34(14-17(35)2)26-21(28)11-20(13-31-26)25(30)37/h4-5,10-13,17-18H,6-9,14-15H2,1-3H3,(H2,30,37)/t17-,18+/m0/s1. The second-order valence-corrected chi connectivity index (χ2v) is 10.3. The topological polar surface area (TPSA) is 101 Å². The summed E-state index contributed by atoms with van der Waals surface area (Å²) in [6.45, 7) is 9.87. The minimum atomic E-state index is -0.564. The Morgan fingerprint density at radius 3 is 2.61 bits per heavy atom. The molecule has 2 aliphatic heterocycles. The fraction of sp³-hybridized carbons (Fsp3) is 0.407. The Morgan fingerprint density at radius 1 is 1.11 bits per heavy atom. The largest absolute Gasteiger partial charge is 0.377 e. The van der Waals surface area contributed by atoms with Crippen LogP contribution in [0.2, 0.25) is 5.02 Å². The third kappa shape index (κ3) is 5.23. The summed E-state index contributed by atoms with van der Waals surface area (Å²) in [7, 11) is 0. The number of piperazine rings is 1. The lowest BCUT2D eigenvalue weighted by atomic mass is 10.1. The number of hydrogen-bond acceptors (Lipinski definition) is 8. The number of ether oxygens (including phenoxy) is 1. The van der Waals surface area contributed by atoms with Gasteiger partial charge < -0.3 is 25.2 Å². The van der Waals surface area contributed by atoms with Gasteiger partial charge in [-0.2, -0.15) is 4.98 Å². The molecule has 0 saturated carbocycles. The number of anilines is 3. The number of carbonyl (C=O) groups excluding carboxylic acids is 1. The van der Waals surface area contributed by atoms with E-state index in [1.54, 1.807) is 19.1 Å². The summed E-state index contributed by atoms with van der Waals surface area (Å²) in [5.41, 5.74) is 7.79. The van der Waals surface area contributed by atoms with Crippen molar-refractivity contribution in [3.05, 3.63) is 58.5 Å². The third-order valence-electron chi connectivity index (χ3n) is 7.11. The predicted octanol–water partition coefficient (Wildman–Crippen LogP) is 3.68. The van der Waals surface area contributed by atoms with Gasteiger partial charge in [0.1, 0.15) is 17.5 Å². The number of nitrogens with two attached hydrogens (primary N) is 1. The number of pyridine rings is 1. The summed E-state index contributed by atoms with van der Waals surface area (Å²) in [5.74, 6) is 1.25. The van der Waals surface area contributed by atoms with Gasteiger partial charge in [-0.05, 0) is 50.6 Å². The van der Waals surface area contributed by atoms with Gasteiger partial charge in [0.25, 0.3) is 0 Å². The van der Waals surface area contributed by atoms with Crippen molar-refractivity contribution < 1.29 is 13.9 Å². The highest BCUT2D eigenvalue weighted by Gasteiger charge is 2.29. The number of halogens is 2. The highest BCUT2D eigenvalue weighted by Crippen LogP contribution is 2.31. The van der Waals surface area contributed by atoms with Crippen LogP contribution in [0.4, 0.5) is 22.0 Å². The molecule has 3 aromatic rings. The number of hydrogen-bond donors (Lipinski definition) is 1. The van der Waals surface area contributed by atoms with Crippen LogP contribution < -0.4 is 20.4 Å². The highest BCUT2D eigenvalue weighted by molar-refractivity contribution is 6.33. The number of aromatic nitrogens is 3. The molecule has 2 aliphatic rings. The number of carbonyl (C=O) groups is 1. The fourth-order valence-corrected chi connectivity index (χ4v) is 5.25. The van der Waals surface area contributed by atoms with Crippen LogP contribution in [0.25, 0.3) is 11.3 Å². The van der Waals surface area contributed by atoms with Crippen LogP contribution >= 0.6 is 11.6 Å². The van der Waals surface area contributed by atoms with Gasteiger partial charge in [0.2, 0.25) is 11.9 Å². The van der Waals surface area contributed by atoms with Crippen LogP contribution in [0.1, 0.15) is 29.8 Å². The molecule has 200 valence electrons. The van der Waals surface area contributed by atoms with E-state index in [0.29, 0.717) is 61.7 Å². The van der Waals surface area contributed by atoms with E-state index in [1.807, 2.05) is 12.1 Å². The molecule has 0 aliphatic carbocycles. The first-order valence-corrected chi connectivity index (χ1v) is 13.1. The molecule has 0 spiro atoms. The zero-order chi connectivity index (χ0) is 27.0. The Morgan fingerprint density at radius 2 is 1.92 bits per heavy atom. The van der Waals surface area contributed by atoms with Crippen LogP contribution in [-0.2, 0) is 4.74 Å². The van der Waals surface area contributed by atoms with Crippen molar-refractivity contribution in [2.75, 3.05) is 54.1 Å². The van der Waals surface area contributed by atoms with E-state index >= 15 is 0 Å². The zero-order valence-electron chi connectivity index (χ0n) is 21.7. The van der Waals surface area contributed by atoms with Gasteiger partial charge in [-0.1, -0.05) is 11.6 Å². The summed E-state index contributed by atoms with van der Waals surface area (Å²) < 4.78 is 19.6. The van der Waals surface area contributed by atoms with Crippen LogP contribution in [0.15, 0.2) is 36.5 Å². The zero-order valence-corrected chi connectivity index (χ0v) is 22.5. The van der Waals surface area contributed by atoms with Crippen molar-refractivity contribution in [2.24, 2.45) is 5.73 Å². The summed E-state index contributed by atoms with van der Waals surface area (Å²) in [4.78, 5) is 32.3. The predicted molar refractivity (Wildman–Crippen MR) is 147 cm³/mol. The maximum Gasteiger partial charge on any atom is 0.250 e. The molecule has 2 atom stereocenters. The summed E-state index contributed by atoms with van der Waals surface area (Å²) in [6.07, 6.45) is 1.46. The lowest BCUT2D eigenvalue weighted by Crippen LogP contribution is -2.53. The average molecular weight is 540 g/mol. The maximum atomic E-state index is 14.0. The van der Waals surface area contributed by atoms with E-state index in [0.717, 1.165) is 17.1 Å². The monoisotopic (exact) mass is 539 g/mol.